The van der Waals surface area contributed by atoms with Crippen LogP contribution in [0.25, 0.3) is 0 Å². The molecule has 21 heavy (non-hydrogen) atoms. The van der Waals surface area contributed by atoms with E-state index in [9.17, 15) is 9.90 Å². The number of aromatic nitrogens is 1. The Kier molecular flexibility index (Phi) is 2.38. The van der Waals surface area contributed by atoms with Crippen molar-refractivity contribution in [2.24, 2.45) is 12.0 Å². The van der Waals surface area contributed by atoms with E-state index in [2.05, 4.69) is 4.99 Å². The summed E-state index contributed by atoms with van der Waals surface area (Å²) in [5.74, 6) is 0.193. The molecule has 106 valence electrons. The molecule has 3 heterocycles. The minimum Gasteiger partial charge on any atom is -0.374 e. The predicted octanol–water partition coefficient (Wildman–Crippen LogP) is 1.89. The van der Waals surface area contributed by atoms with Gasteiger partial charge < -0.3 is 14.6 Å². The van der Waals surface area contributed by atoms with Crippen LogP contribution in [-0.4, -0.2) is 33.4 Å². The van der Waals surface area contributed by atoms with Crippen molar-refractivity contribution in [3.05, 3.63) is 48.3 Å². The fraction of sp³-hybridized carbons (Fsp3) is 0.250. The summed E-state index contributed by atoms with van der Waals surface area (Å²) in [6, 6.07) is 9.73. The molecule has 1 aromatic carbocycles. The van der Waals surface area contributed by atoms with Gasteiger partial charge in [0.2, 0.25) is 5.78 Å². The second-order valence-corrected chi connectivity index (χ2v) is 5.58. The molecular weight excluding hydrogens is 266 g/mol. The number of carbonyl (C=O) groups excluding carboxylic acids is 1. The Morgan fingerprint density at radius 1 is 1.24 bits per heavy atom. The van der Waals surface area contributed by atoms with Gasteiger partial charge >= 0.3 is 0 Å². The Balaban J connectivity index is 1.88. The van der Waals surface area contributed by atoms with E-state index in [1.807, 2.05) is 42.3 Å². The van der Waals surface area contributed by atoms with Crippen LogP contribution < -0.4 is 4.90 Å². The Labute approximate surface area is 122 Å². The Morgan fingerprint density at radius 2 is 2.00 bits per heavy atom. The third-order valence-corrected chi connectivity index (χ3v) is 4.17. The van der Waals surface area contributed by atoms with Crippen molar-refractivity contribution in [3.63, 3.8) is 0 Å². The molecule has 1 N–H and O–H groups in total. The van der Waals surface area contributed by atoms with E-state index in [4.69, 9.17) is 0 Å². The number of aryl methyl sites for hydroxylation is 1. The lowest BCUT2D eigenvalue weighted by molar-refractivity contribution is 0.0602. The van der Waals surface area contributed by atoms with Gasteiger partial charge in [-0.1, -0.05) is 18.2 Å². The minimum atomic E-state index is -1.50. The molecule has 1 atom stereocenters. The SMILES string of the molecule is Cn1cc2c(c1)C(=O)C1(O)CCN(c3ccccc3)C1=N2. The normalized spacial score (nSPS) is 23.8. The van der Waals surface area contributed by atoms with Crippen molar-refractivity contribution in [3.8, 4) is 0 Å². The first-order chi connectivity index (χ1) is 10.1. The van der Waals surface area contributed by atoms with E-state index in [1.165, 1.54) is 0 Å². The third-order valence-electron chi connectivity index (χ3n) is 4.17. The lowest BCUT2D eigenvalue weighted by Gasteiger charge is -2.28. The lowest BCUT2D eigenvalue weighted by Crippen LogP contribution is -2.48. The number of aliphatic imine (C=N–C) groups is 1. The Morgan fingerprint density at radius 3 is 2.76 bits per heavy atom. The molecule has 5 heteroatoms. The van der Waals surface area contributed by atoms with E-state index in [-0.39, 0.29) is 5.78 Å². The number of fused-ring (bicyclic) bond motifs is 2. The first kappa shape index (κ1) is 12.3. The summed E-state index contributed by atoms with van der Waals surface area (Å²) >= 11 is 0. The summed E-state index contributed by atoms with van der Waals surface area (Å²) in [7, 11) is 1.85. The Bertz CT molecular complexity index is 763. The number of rotatable bonds is 1. The zero-order valence-corrected chi connectivity index (χ0v) is 11.7. The molecule has 0 aliphatic carbocycles. The van der Waals surface area contributed by atoms with Crippen LogP contribution in [0.2, 0.25) is 0 Å². The van der Waals surface area contributed by atoms with Gasteiger partial charge in [0.1, 0.15) is 5.84 Å². The van der Waals surface area contributed by atoms with Crippen LogP contribution in [0.5, 0.6) is 0 Å². The smallest absolute Gasteiger partial charge is 0.205 e. The van der Waals surface area contributed by atoms with Crippen LogP contribution in [0, 0.1) is 0 Å². The van der Waals surface area contributed by atoms with E-state index in [0.29, 0.717) is 30.1 Å². The van der Waals surface area contributed by atoms with Gasteiger partial charge in [-0.05, 0) is 12.1 Å². The molecule has 1 unspecified atom stereocenters. The first-order valence-corrected chi connectivity index (χ1v) is 6.94. The molecule has 1 saturated heterocycles. The summed E-state index contributed by atoms with van der Waals surface area (Å²) in [5, 5.41) is 10.8. The zero-order valence-electron chi connectivity index (χ0n) is 11.7. The lowest BCUT2D eigenvalue weighted by atomic mass is 9.89. The number of para-hydroxylation sites is 1. The maximum Gasteiger partial charge on any atom is 0.205 e. The topological polar surface area (TPSA) is 57.8 Å². The van der Waals surface area contributed by atoms with Crippen molar-refractivity contribution in [1.29, 1.82) is 0 Å². The third kappa shape index (κ3) is 1.61. The van der Waals surface area contributed by atoms with Crippen molar-refractivity contribution < 1.29 is 9.90 Å². The number of benzene rings is 1. The van der Waals surface area contributed by atoms with Crippen LogP contribution in [-0.2, 0) is 7.05 Å². The van der Waals surface area contributed by atoms with E-state index in [1.54, 1.807) is 17.0 Å². The van der Waals surface area contributed by atoms with E-state index in [0.717, 1.165) is 5.69 Å². The summed E-state index contributed by atoms with van der Waals surface area (Å²) in [6.45, 7) is 0.585. The molecule has 0 saturated carbocycles. The van der Waals surface area contributed by atoms with Gasteiger partial charge in [0, 0.05) is 38.1 Å². The highest BCUT2D eigenvalue weighted by molar-refractivity contribution is 6.28. The molecule has 2 aromatic rings. The van der Waals surface area contributed by atoms with Crippen LogP contribution >= 0.6 is 0 Å². The number of anilines is 1. The molecule has 5 nitrogen and oxygen atoms in total. The van der Waals surface area contributed by atoms with E-state index >= 15 is 0 Å². The second kappa shape index (κ2) is 4.05. The molecule has 2 aliphatic rings. The minimum absolute atomic E-state index is 0.249. The van der Waals surface area contributed by atoms with Gasteiger partial charge in [-0.2, -0.15) is 0 Å². The predicted molar refractivity (Wildman–Crippen MR) is 80.2 cm³/mol. The molecule has 0 spiro atoms. The maximum absolute atomic E-state index is 12.6. The van der Waals surface area contributed by atoms with Gasteiger partial charge in [-0.3, -0.25) is 4.79 Å². The molecule has 0 bridgehead atoms. The highest BCUT2D eigenvalue weighted by Crippen LogP contribution is 2.39. The quantitative estimate of drug-likeness (QED) is 0.868. The summed E-state index contributed by atoms with van der Waals surface area (Å²) in [6.07, 6.45) is 3.90. The molecule has 1 fully saturated rings. The van der Waals surface area contributed by atoms with Gasteiger partial charge in [0.05, 0.1) is 11.3 Å². The number of carbonyl (C=O) groups is 1. The van der Waals surface area contributed by atoms with Crippen molar-refractivity contribution in [2.75, 3.05) is 11.4 Å². The first-order valence-electron chi connectivity index (χ1n) is 6.94. The molecular formula is C16H15N3O2. The van der Waals surface area contributed by atoms with Crippen molar-refractivity contribution in [1.82, 2.24) is 4.57 Å². The fourth-order valence-electron chi connectivity index (χ4n) is 3.11. The largest absolute Gasteiger partial charge is 0.374 e. The van der Waals surface area contributed by atoms with Crippen LogP contribution in [0.1, 0.15) is 16.8 Å². The zero-order chi connectivity index (χ0) is 14.6. The summed E-state index contributed by atoms with van der Waals surface area (Å²) < 4.78 is 1.80. The summed E-state index contributed by atoms with van der Waals surface area (Å²) in [4.78, 5) is 19.1. The van der Waals surface area contributed by atoms with Crippen molar-refractivity contribution in [2.45, 2.75) is 12.0 Å². The molecule has 2 aliphatic heterocycles. The number of ketones is 1. The number of aliphatic hydroxyl groups is 1. The van der Waals surface area contributed by atoms with E-state index < -0.39 is 5.60 Å². The summed E-state index contributed by atoms with van der Waals surface area (Å²) in [5.41, 5.74) is 0.576. The van der Waals surface area contributed by atoms with Gasteiger partial charge in [-0.25, -0.2) is 4.99 Å². The standard InChI is InChI=1S/C16H15N3O2/c1-18-9-12-13(10-18)17-15-16(21,14(12)20)7-8-19(15)11-5-3-2-4-6-11/h2-6,9-10,21H,7-8H2,1H3. The van der Waals surface area contributed by atoms with Gasteiger partial charge in [0.25, 0.3) is 0 Å². The highest BCUT2D eigenvalue weighted by atomic mass is 16.3. The van der Waals surface area contributed by atoms with Crippen molar-refractivity contribution >= 4 is 23.0 Å². The second-order valence-electron chi connectivity index (χ2n) is 5.58. The average molecular weight is 281 g/mol. The number of nitrogens with zero attached hydrogens (tertiary/aromatic N) is 3. The number of Topliss-reactive ketones (excluding diaryl/α,β-unsaturated/α-hetero) is 1. The molecule has 0 radical (unpaired) electrons. The number of hydrogen-bond donors (Lipinski definition) is 1. The molecule has 1 aromatic heterocycles. The van der Waals surface area contributed by atoms with Gasteiger partial charge in [0.15, 0.2) is 5.60 Å². The van der Waals surface area contributed by atoms with Gasteiger partial charge in [-0.15, -0.1) is 0 Å². The maximum atomic E-state index is 12.6. The number of hydrogen-bond acceptors (Lipinski definition) is 4. The molecule has 4 rings (SSSR count). The average Bonchev–Trinajstić information content (AvgIpc) is 3.02. The van der Waals surface area contributed by atoms with Crippen LogP contribution in [0.4, 0.5) is 11.4 Å². The molecule has 0 amide bonds. The monoisotopic (exact) mass is 281 g/mol. The highest BCUT2D eigenvalue weighted by Gasteiger charge is 2.52. The van der Waals surface area contributed by atoms with Crippen LogP contribution in [0.3, 0.4) is 0 Å². The van der Waals surface area contributed by atoms with Crippen LogP contribution in [0.15, 0.2) is 47.7 Å². The fourth-order valence-corrected chi connectivity index (χ4v) is 3.11. The number of amidine groups is 1. The Hall–Kier alpha value is -2.40.